The van der Waals surface area contributed by atoms with Crippen LogP contribution in [0.5, 0.6) is 0 Å². The number of nitrogens with zero attached hydrogens (tertiary/aromatic N) is 2. The first-order valence-corrected chi connectivity index (χ1v) is 10.9. The van der Waals surface area contributed by atoms with Gasteiger partial charge in [-0.25, -0.2) is 0 Å². The lowest BCUT2D eigenvalue weighted by Crippen LogP contribution is -2.32. The van der Waals surface area contributed by atoms with Crippen LogP contribution in [0.3, 0.4) is 0 Å². The summed E-state index contributed by atoms with van der Waals surface area (Å²) >= 11 is 0. The quantitative estimate of drug-likeness (QED) is 0.269. The largest absolute Gasteiger partial charge is 0.396 e. The predicted octanol–water partition coefficient (Wildman–Crippen LogP) is 5.73. The number of rotatable bonds is 17. The van der Waals surface area contributed by atoms with E-state index in [1.807, 2.05) is 6.34 Å². The van der Waals surface area contributed by atoms with Crippen LogP contribution in [0.15, 0.2) is 17.1 Å². The number of aliphatic hydroxyl groups excluding tert-OH is 1. The Bertz CT molecular complexity index is 341. The molecule has 1 aliphatic heterocycles. The van der Waals surface area contributed by atoms with E-state index in [4.69, 9.17) is 0 Å². The molecule has 0 spiro atoms. The maximum atomic E-state index is 9.21. The molecule has 0 aromatic heterocycles. The molecule has 0 aromatic carbocycles. The minimum atomic E-state index is 0.248. The second-order valence-corrected chi connectivity index (χ2v) is 7.45. The zero-order chi connectivity index (χ0) is 18.0. The second kappa shape index (κ2) is 16.6. The fraction of sp³-hybridized carbons (Fsp3) is 0.864. The average Bonchev–Trinajstić information content (AvgIpc) is 3.15. The Morgan fingerprint density at radius 3 is 2.08 bits per heavy atom. The molecular weight excluding hydrogens is 308 g/mol. The van der Waals surface area contributed by atoms with Gasteiger partial charge in [0.25, 0.3) is 0 Å². The summed E-state index contributed by atoms with van der Waals surface area (Å²) in [7, 11) is 0. The SMILES string of the molecule is CCCCCCCCCCCCCCC=CC(CCO)N1C=NCC1. The smallest absolute Gasteiger partial charge is 0.0856 e. The highest BCUT2D eigenvalue weighted by molar-refractivity contribution is 5.58. The van der Waals surface area contributed by atoms with Gasteiger partial charge in [0.1, 0.15) is 0 Å². The predicted molar refractivity (Wildman–Crippen MR) is 110 cm³/mol. The van der Waals surface area contributed by atoms with E-state index in [0.717, 1.165) is 19.5 Å². The van der Waals surface area contributed by atoms with Gasteiger partial charge in [0.05, 0.1) is 18.9 Å². The van der Waals surface area contributed by atoms with E-state index < -0.39 is 0 Å². The summed E-state index contributed by atoms with van der Waals surface area (Å²) in [6.07, 6.45) is 25.4. The van der Waals surface area contributed by atoms with E-state index >= 15 is 0 Å². The molecule has 146 valence electrons. The van der Waals surface area contributed by atoms with Crippen LogP contribution in [-0.4, -0.2) is 42.1 Å². The van der Waals surface area contributed by atoms with Crippen LogP contribution in [0.25, 0.3) is 0 Å². The molecule has 0 saturated carbocycles. The summed E-state index contributed by atoms with van der Waals surface area (Å²) < 4.78 is 0. The molecule has 1 atom stereocenters. The standard InChI is InChI=1S/C22H42N2O/c1-2-3-4-5-6-7-8-9-10-11-12-13-14-15-16-22(17-20-25)24-19-18-23-21-24/h15-16,21-22,25H,2-14,17-20H2,1H3. The molecule has 0 amide bonds. The number of unbranched alkanes of at least 4 members (excludes halogenated alkanes) is 12. The van der Waals surface area contributed by atoms with Crippen molar-refractivity contribution in [1.29, 1.82) is 0 Å². The van der Waals surface area contributed by atoms with Gasteiger partial charge in [0.15, 0.2) is 0 Å². The van der Waals surface area contributed by atoms with Crippen LogP contribution in [0.4, 0.5) is 0 Å². The van der Waals surface area contributed by atoms with Crippen LogP contribution in [-0.2, 0) is 0 Å². The number of allylic oxidation sites excluding steroid dienone is 1. The van der Waals surface area contributed by atoms with Gasteiger partial charge in [-0.15, -0.1) is 0 Å². The van der Waals surface area contributed by atoms with E-state index in [1.54, 1.807) is 0 Å². The fourth-order valence-electron chi connectivity index (χ4n) is 3.51. The maximum absolute atomic E-state index is 9.21. The Balaban J connectivity index is 1.89. The van der Waals surface area contributed by atoms with Crippen LogP contribution in [0.1, 0.15) is 96.8 Å². The monoisotopic (exact) mass is 350 g/mol. The molecule has 0 saturated heterocycles. The minimum Gasteiger partial charge on any atom is -0.396 e. The molecular formula is C22H42N2O. The Hall–Kier alpha value is -0.830. The van der Waals surface area contributed by atoms with E-state index in [1.165, 1.54) is 83.5 Å². The van der Waals surface area contributed by atoms with Crippen molar-refractivity contribution in [3.8, 4) is 0 Å². The van der Waals surface area contributed by atoms with Crippen molar-refractivity contribution in [2.45, 2.75) is 103 Å². The highest BCUT2D eigenvalue weighted by atomic mass is 16.3. The summed E-state index contributed by atoms with van der Waals surface area (Å²) in [5.74, 6) is 0. The van der Waals surface area contributed by atoms with Gasteiger partial charge in [-0.1, -0.05) is 89.7 Å². The molecule has 25 heavy (non-hydrogen) atoms. The van der Waals surface area contributed by atoms with Crippen LogP contribution in [0, 0.1) is 0 Å². The molecule has 1 N–H and O–H groups in total. The molecule has 1 aliphatic rings. The van der Waals surface area contributed by atoms with E-state index in [2.05, 4.69) is 29.0 Å². The number of aliphatic imine (C=N–C) groups is 1. The minimum absolute atomic E-state index is 0.248. The summed E-state index contributed by atoms with van der Waals surface area (Å²) in [4.78, 5) is 6.52. The Labute approximate surface area is 156 Å². The summed E-state index contributed by atoms with van der Waals surface area (Å²) in [5, 5.41) is 9.21. The lowest BCUT2D eigenvalue weighted by Gasteiger charge is -2.23. The molecule has 0 aliphatic carbocycles. The maximum Gasteiger partial charge on any atom is 0.0856 e. The van der Waals surface area contributed by atoms with Crippen molar-refractivity contribution in [3.05, 3.63) is 12.2 Å². The van der Waals surface area contributed by atoms with Crippen molar-refractivity contribution in [2.75, 3.05) is 19.7 Å². The molecule has 3 heteroatoms. The zero-order valence-corrected chi connectivity index (χ0v) is 16.7. The van der Waals surface area contributed by atoms with Gasteiger partial charge in [0, 0.05) is 13.2 Å². The molecule has 1 heterocycles. The number of aliphatic hydroxyl groups is 1. The van der Waals surface area contributed by atoms with Crippen LogP contribution < -0.4 is 0 Å². The lowest BCUT2D eigenvalue weighted by atomic mass is 10.0. The third-order valence-electron chi connectivity index (χ3n) is 5.15. The first-order chi connectivity index (χ1) is 12.4. The number of hydrogen-bond acceptors (Lipinski definition) is 3. The fourth-order valence-corrected chi connectivity index (χ4v) is 3.51. The van der Waals surface area contributed by atoms with Gasteiger partial charge >= 0.3 is 0 Å². The molecule has 0 aromatic rings. The zero-order valence-electron chi connectivity index (χ0n) is 16.7. The second-order valence-electron chi connectivity index (χ2n) is 7.45. The normalized spacial score (nSPS) is 15.5. The van der Waals surface area contributed by atoms with Crippen LogP contribution >= 0.6 is 0 Å². The van der Waals surface area contributed by atoms with Crippen LogP contribution in [0.2, 0.25) is 0 Å². The Morgan fingerprint density at radius 2 is 1.56 bits per heavy atom. The van der Waals surface area contributed by atoms with Crippen molar-refractivity contribution in [3.63, 3.8) is 0 Å². The van der Waals surface area contributed by atoms with E-state index in [9.17, 15) is 5.11 Å². The topological polar surface area (TPSA) is 35.8 Å². The Morgan fingerprint density at radius 1 is 0.960 bits per heavy atom. The van der Waals surface area contributed by atoms with Gasteiger partial charge in [0.2, 0.25) is 0 Å². The first kappa shape index (κ1) is 22.2. The summed E-state index contributed by atoms with van der Waals surface area (Å²) in [6.45, 7) is 4.42. The molecule has 1 rings (SSSR count). The molecule has 0 radical (unpaired) electrons. The first-order valence-electron chi connectivity index (χ1n) is 10.9. The molecule has 0 bridgehead atoms. The highest BCUT2D eigenvalue weighted by Gasteiger charge is 2.14. The summed E-state index contributed by atoms with van der Waals surface area (Å²) in [6, 6.07) is 0.327. The number of hydrogen-bond donors (Lipinski definition) is 1. The van der Waals surface area contributed by atoms with Gasteiger partial charge in [-0.3, -0.25) is 4.99 Å². The average molecular weight is 351 g/mol. The van der Waals surface area contributed by atoms with Crippen molar-refractivity contribution >= 4 is 6.34 Å². The molecule has 1 unspecified atom stereocenters. The highest BCUT2D eigenvalue weighted by Crippen LogP contribution is 2.13. The third kappa shape index (κ3) is 12.2. The van der Waals surface area contributed by atoms with Crippen molar-refractivity contribution < 1.29 is 5.11 Å². The Kier molecular flexibility index (Phi) is 14.8. The lowest BCUT2D eigenvalue weighted by molar-refractivity contribution is 0.249. The molecule has 3 nitrogen and oxygen atoms in total. The van der Waals surface area contributed by atoms with Crippen molar-refractivity contribution in [2.24, 2.45) is 4.99 Å². The van der Waals surface area contributed by atoms with Crippen molar-refractivity contribution in [1.82, 2.24) is 4.90 Å². The van der Waals surface area contributed by atoms with E-state index in [-0.39, 0.29) is 6.61 Å². The van der Waals surface area contributed by atoms with Gasteiger partial charge in [-0.05, 0) is 19.3 Å². The van der Waals surface area contributed by atoms with E-state index in [0.29, 0.717) is 6.04 Å². The third-order valence-corrected chi connectivity index (χ3v) is 5.15. The molecule has 0 fully saturated rings. The summed E-state index contributed by atoms with van der Waals surface area (Å²) in [5.41, 5.74) is 0. The van der Waals surface area contributed by atoms with Gasteiger partial charge in [-0.2, -0.15) is 0 Å². The van der Waals surface area contributed by atoms with Gasteiger partial charge < -0.3 is 10.0 Å².